The van der Waals surface area contributed by atoms with E-state index in [2.05, 4.69) is 4.74 Å². The maximum absolute atomic E-state index is 12.4. The lowest BCUT2D eigenvalue weighted by Gasteiger charge is -2.30. The Labute approximate surface area is 115 Å². The summed E-state index contributed by atoms with van der Waals surface area (Å²) in [5.74, 6) is 0.0894. The van der Waals surface area contributed by atoms with Crippen molar-refractivity contribution in [3.63, 3.8) is 0 Å². The maximum atomic E-state index is 12.4. The second kappa shape index (κ2) is 6.67. The van der Waals surface area contributed by atoms with Gasteiger partial charge in [-0.25, -0.2) is 0 Å². The van der Waals surface area contributed by atoms with Crippen LogP contribution in [0.15, 0.2) is 0 Å². The van der Waals surface area contributed by atoms with Gasteiger partial charge in [-0.2, -0.15) is 17.0 Å². The van der Waals surface area contributed by atoms with Gasteiger partial charge in [0.15, 0.2) is 0 Å². The highest BCUT2D eigenvalue weighted by atomic mass is 32.2. The van der Waals surface area contributed by atoms with Crippen molar-refractivity contribution in [1.82, 2.24) is 8.61 Å². The molecule has 1 aliphatic carbocycles. The van der Waals surface area contributed by atoms with Crippen LogP contribution in [0.5, 0.6) is 0 Å². The van der Waals surface area contributed by atoms with Crippen molar-refractivity contribution in [3.05, 3.63) is 0 Å². The van der Waals surface area contributed by atoms with Crippen molar-refractivity contribution in [2.75, 3.05) is 27.2 Å². The highest BCUT2D eigenvalue weighted by Crippen LogP contribution is 2.31. The van der Waals surface area contributed by atoms with Gasteiger partial charge in [0.05, 0.1) is 13.5 Å². The van der Waals surface area contributed by atoms with Crippen LogP contribution in [-0.2, 0) is 19.7 Å². The first-order valence-electron chi connectivity index (χ1n) is 6.59. The summed E-state index contributed by atoms with van der Waals surface area (Å²) in [5.41, 5.74) is 0. The highest BCUT2D eigenvalue weighted by Gasteiger charge is 2.34. The summed E-state index contributed by atoms with van der Waals surface area (Å²) in [7, 11) is -0.704. The molecule has 1 rings (SSSR count). The number of rotatable bonds is 8. The van der Waals surface area contributed by atoms with E-state index in [1.165, 1.54) is 22.8 Å². The van der Waals surface area contributed by atoms with Gasteiger partial charge in [-0.15, -0.1) is 0 Å². The lowest BCUT2D eigenvalue weighted by atomic mass is 10.3. The van der Waals surface area contributed by atoms with Crippen LogP contribution in [0.3, 0.4) is 0 Å². The lowest BCUT2D eigenvalue weighted by molar-refractivity contribution is -0.140. The van der Waals surface area contributed by atoms with Gasteiger partial charge >= 0.3 is 5.97 Å². The minimum Gasteiger partial charge on any atom is -0.469 e. The fraction of sp³-hybridized carbons (Fsp3) is 0.917. The molecule has 1 fully saturated rings. The maximum Gasteiger partial charge on any atom is 0.306 e. The first-order valence-corrected chi connectivity index (χ1v) is 7.98. The predicted molar refractivity (Wildman–Crippen MR) is 72.7 cm³/mol. The zero-order valence-corrected chi connectivity index (χ0v) is 12.9. The Balaban J connectivity index is 2.66. The summed E-state index contributed by atoms with van der Waals surface area (Å²) < 4.78 is 32.1. The molecule has 0 aromatic rings. The monoisotopic (exact) mass is 292 g/mol. The molecule has 0 aliphatic heterocycles. The second-order valence-corrected chi connectivity index (χ2v) is 7.25. The van der Waals surface area contributed by atoms with Crippen LogP contribution < -0.4 is 0 Å². The molecule has 0 saturated heterocycles. The number of hydrogen-bond acceptors (Lipinski definition) is 4. The summed E-state index contributed by atoms with van der Waals surface area (Å²) in [6.45, 7) is 4.45. The van der Waals surface area contributed by atoms with Crippen molar-refractivity contribution < 1.29 is 17.9 Å². The molecule has 0 aromatic heterocycles. The van der Waals surface area contributed by atoms with E-state index in [-0.39, 0.29) is 19.0 Å². The zero-order valence-electron chi connectivity index (χ0n) is 12.1. The van der Waals surface area contributed by atoms with E-state index in [0.717, 1.165) is 12.8 Å². The molecule has 0 spiro atoms. The summed E-state index contributed by atoms with van der Waals surface area (Å²) in [6.07, 6.45) is 2.27. The molecule has 0 bridgehead atoms. The van der Waals surface area contributed by atoms with Gasteiger partial charge < -0.3 is 4.74 Å². The summed E-state index contributed by atoms with van der Waals surface area (Å²) in [4.78, 5) is 11.1. The quantitative estimate of drug-likeness (QED) is 0.622. The van der Waals surface area contributed by atoms with Gasteiger partial charge in [0.2, 0.25) is 0 Å². The van der Waals surface area contributed by atoms with Crippen LogP contribution in [0.1, 0.15) is 33.1 Å². The van der Waals surface area contributed by atoms with E-state index in [4.69, 9.17) is 0 Å². The minimum atomic E-state index is -3.50. The summed E-state index contributed by atoms with van der Waals surface area (Å²) >= 11 is 0. The number of methoxy groups -OCH3 is 1. The highest BCUT2D eigenvalue weighted by molar-refractivity contribution is 7.86. The van der Waals surface area contributed by atoms with Crippen LogP contribution in [0.4, 0.5) is 0 Å². The van der Waals surface area contributed by atoms with Crippen LogP contribution in [0.25, 0.3) is 0 Å². The number of hydrogen-bond donors (Lipinski definition) is 0. The average molecular weight is 292 g/mol. The third kappa shape index (κ3) is 4.74. The Morgan fingerprint density at radius 2 is 1.95 bits per heavy atom. The van der Waals surface area contributed by atoms with E-state index in [1.54, 1.807) is 0 Å². The van der Waals surface area contributed by atoms with E-state index in [0.29, 0.717) is 12.5 Å². The van der Waals surface area contributed by atoms with E-state index in [9.17, 15) is 13.2 Å². The SMILES string of the molecule is COC(=O)CCN(C)S(=O)(=O)N(CC1CC1)C(C)C. The lowest BCUT2D eigenvalue weighted by Crippen LogP contribution is -2.46. The van der Waals surface area contributed by atoms with Crippen molar-refractivity contribution in [1.29, 1.82) is 0 Å². The molecule has 0 amide bonds. The van der Waals surface area contributed by atoms with Gasteiger partial charge in [-0.1, -0.05) is 0 Å². The fourth-order valence-corrected chi connectivity index (χ4v) is 3.38. The van der Waals surface area contributed by atoms with Crippen molar-refractivity contribution >= 4 is 16.2 Å². The molecule has 6 nitrogen and oxygen atoms in total. The van der Waals surface area contributed by atoms with Gasteiger partial charge in [0.25, 0.3) is 10.2 Å². The Morgan fingerprint density at radius 3 is 2.37 bits per heavy atom. The second-order valence-electron chi connectivity index (χ2n) is 5.26. The molecule has 0 N–H and O–H groups in total. The fourth-order valence-electron chi connectivity index (χ4n) is 1.77. The molecule has 7 heteroatoms. The molecule has 112 valence electrons. The molecular weight excluding hydrogens is 268 g/mol. The first-order chi connectivity index (χ1) is 8.78. The molecule has 0 heterocycles. The molecule has 0 radical (unpaired) electrons. The van der Waals surface area contributed by atoms with Crippen LogP contribution in [0, 0.1) is 5.92 Å². The molecule has 0 atom stereocenters. The number of esters is 1. The normalized spacial score (nSPS) is 16.4. The van der Waals surface area contributed by atoms with E-state index < -0.39 is 16.2 Å². The third-order valence-electron chi connectivity index (χ3n) is 3.26. The summed E-state index contributed by atoms with van der Waals surface area (Å²) in [5, 5.41) is 0. The van der Waals surface area contributed by atoms with E-state index in [1.807, 2.05) is 13.8 Å². The number of ether oxygens (including phenoxy) is 1. The molecule has 1 saturated carbocycles. The van der Waals surface area contributed by atoms with Gasteiger partial charge in [-0.05, 0) is 32.6 Å². The van der Waals surface area contributed by atoms with Gasteiger partial charge in [-0.3, -0.25) is 4.79 Å². The van der Waals surface area contributed by atoms with Crippen molar-refractivity contribution in [2.24, 2.45) is 5.92 Å². The molecule has 0 unspecified atom stereocenters. The van der Waals surface area contributed by atoms with E-state index >= 15 is 0 Å². The Morgan fingerprint density at radius 1 is 1.37 bits per heavy atom. The summed E-state index contributed by atoms with van der Waals surface area (Å²) in [6, 6.07) is -0.0776. The van der Waals surface area contributed by atoms with Crippen molar-refractivity contribution in [3.8, 4) is 0 Å². The predicted octanol–water partition coefficient (Wildman–Crippen LogP) is 0.846. The Hall–Kier alpha value is -0.660. The average Bonchev–Trinajstić information content (AvgIpc) is 3.15. The number of nitrogens with zero attached hydrogens (tertiary/aromatic N) is 2. The Bertz CT molecular complexity index is 404. The van der Waals surface area contributed by atoms with Crippen LogP contribution in [0.2, 0.25) is 0 Å². The van der Waals surface area contributed by atoms with Crippen LogP contribution >= 0.6 is 0 Å². The Kier molecular flexibility index (Phi) is 5.76. The molecule has 0 aromatic carbocycles. The first kappa shape index (κ1) is 16.4. The zero-order chi connectivity index (χ0) is 14.6. The smallest absolute Gasteiger partial charge is 0.306 e. The third-order valence-corrected chi connectivity index (χ3v) is 5.39. The number of carbonyl (C=O) groups excluding carboxylic acids is 1. The van der Waals surface area contributed by atoms with Crippen LogP contribution in [-0.4, -0.2) is 56.3 Å². The van der Waals surface area contributed by atoms with Gasteiger partial charge in [0.1, 0.15) is 0 Å². The standard InChI is InChI=1S/C12H24N2O4S/c1-10(2)14(9-11-5-6-11)19(16,17)13(3)8-7-12(15)18-4/h10-11H,5-9H2,1-4H3. The number of carbonyl (C=O) groups is 1. The largest absolute Gasteiger partial charge is 0.469 e. The minimum absolute atomic E-state index is 0.0710. The molecule has 19 heavy (non-hydrogen) atoms. The topological polar surface area (TPSA) is 66.9 Å². The molecular formula is C12H24N2O4S. The molecule has 1 aliphatic rings. The van der Waals surface area contributed by atoms with Crippen molar-refractivity contribution in [2.45, 2.75) is 39.2 Å². The van der Waals surface area contributed by atoms with Gasteiger partial charge in [0, 0.05) is 26.2 Å².